The van der Waals surface area contributed by atoms with Crippen LogP contribution in [0.15, 0.2) is 36.4 Å². The first kappa shape index (κ1) is 12.6. The summed E-state index contributed by atoms with van der Waals surface area (Å²) in [7, 11) is 0. The van der Waals surface area contributed by atoms with Crippen molar-refractivity contribution in [2.45, 2.75) is 37.9 Å². The zero-order valence-corrected chi connectivity index (χ0v) is 11.2. The third kappa shape index (κ3) is 2.62. The zero-order chi connectivity index (χ0) is 13.3. The number of benzene rings is 1. The molecule has 0 amide bonds. The molecular weight excluding hydrogens is 238 g/mol. The highest BCUT2D eigenvalue weighted by molar-refractivity contribution is 5.78. The van der Waals surface area contributed by atoms with Gasteiger partial charge in [0.05, 0.1) is 17.2 Å². The summed E-state index contributed by atoms with van der Waals surface area (Å²) in [6, 6.07) is 12.1. The largest absolute Gasteiger partial charge is 0.389 e. The summed E-state index contributed by atoms with van der Waals surface area (Å²) in [5.41, 5.74) is 1.32. The second-order valence-corrected chi connectivity index (χ2v) is 5.38. The number of para-hydroxylation sites is 1. The molecule has 100 valence electrons. The van der Waals surface area contributed by atoms with Gasteiger partial charge in [0.1, 0.15) is 0 Å². The average Bonchev–Trinajstić information content (AvgIpc) is 2.37. The van der Waals surface area contributed by atoms with Crippen molar-refractivity contribution in [3.8, 4) is 0 Å². The third-order valence-electron chi connectivity index (χ3n) is 3.78. The predicted octanol–water partition coefficient (Wildman–Crippen LogP) is 2.71. The minimum Gasteiger partial charge on any atom is -0.389 e. The van der Waals surface area contributed by atoms with Gasteiger partial charge < -0.3 is 9.84 Å². The van der Waals surface area contributed by atoms with Gasteiger partial charge >= 0.3 is 0 Å². The minimum absolute atomic E-state index is 0.218. The number of aliphatic hydroxyl groups is 1. The van der Waals surface area contributed by atoms with Crippen molar-refractivity contribution in [1.82, 2.24) is 4.98 Å². The molecule has 1 heterocycles. The summed E-state index contributed by atoms with van der Waals surface area (Å²) >= 11 is 0. The Balaban J connectivity index is 1.72. The summed E-state index contributed by atoms with van der Waals surface area (Å²) in [5.74, 6) is 0. The lowest BCUT2D eigenvalue weighted by Gasteiger charge is -2.43. The maximum Gasteiger partial charge on any atom is 0.0752 e. The highest BCUT2D eigenvalue weighted by Crippen LogP contribution is 2.37. The van der Waals surface area contributed by atoms with Crippen molar-refractivity contribution in [2.24, 2.45) is 0 Å². The summed E-state index contributed by atoms with van der Waals surface area (Å²) in [4.78, 5) is 4.61. The van der Waals surface area contributed by atoms with Gasteiger partial charge in [-0.3, -0.25) is 4.98 Å². The van der Waals surface area contributed by atoms with Gasteiger partial charge in [0, 0.05) is 36.9 Å². The van der Waals surface area contributed by atoms with E-state index in [2.05, 4.69) is 17.1 Å². The van der Waals surface area contributed by atoms with Crippen LogP contribution in [0.5, 0.6) is 0 Å². The highest BCUT2D eigenvalue weighted by atomic mass is 16.5. The molecule has 0 unspecified atom stereocenters. The SMILES string of the molecule is CCOC1CC(O)(Cc2ccc3ccccc3n2)C1. The average molecular weight is 257 g/mol. The van der Waals surface area contributed by atoms with E-state index in [1.54, 1.807) is 0 Å². The van der Waals surface area contributed by atoms with E-state index < -0.39 is 5.60 Å². The number of pyridine rings is 1. The summed E-state index contributed by atoms with van der Waals surface area (Å²) in [5, 5.41) is 11.6. The monoisotopic (exact) mass is 257 g/mol. The quantitative estimate of drug-likeness (QED) is 0.915. The van der Waals surface area contributed by atoms with Crippen LogP contribution in [0.3, 0.4) is 0 Å². The first-order valence-electron chi connectivity index (χ1n) is 6.87. The lowest BCUT2D eigenvalue weighted by molar-refractivity contribution is -0.136. The van der Waals surface area contributed by atoms with Crippen LogP contribution in [-0.4, -0.2) is 28.4 Å². The Morgan fingerprint density at radius 3 is 2.84 bits per heavy atom. The fourth-order valence-electron chi connectivity index (χ4n) is 2.83. The van der Waals surface area contributed by atoms with Gasteiger partial charge in [-0.25, -0.2) is 0 Å². The number of ether oxygens (including phenoxy) is 1. The molecule has 1 aromatic heterocycles. The molecule has 0 radical (unpaired) electrons. The predicted molar refractivity (Wildman–Crippen MR) is 75.0 cm³/mol. The van der Waals surface area contributed by atoms with Crippen LogP contribution in [0.1, 0.15) is 25.5 Å². The van der Waals surface area contributed by atoms with Gasteiger partial charge in [0.15, 0.2) is 0 Å². The number of aromatic nitrogens is 1. The van der Waals surface area contributed by atoms with Gasteiger partial charge in [-0.2, -0.15) is 0 Å². The molecule has 3 heteroatoms. The topological polar surface area (TPSA) is 42.4 Å². The Morgan fingerprint density at radius 1 is 1.26 bits per heavy atom. The maximum absolute atomic E-state index is 10.4. The van der Waals surface area contributed by atoms with Crippen LogP contribution in [0.4, 0.5) is 0 Å². The van der Waals surface area contributed by atoms with E-state index in [0.29, 0.717) is 6.42 Å². The molecule has 0 atom stereocenters. The van der Waals surface area contributed by atoms with Crippen molar-refractivity contribution in [3.05, 3.63) is 42.1 Å². The van der Waals surface area contributed by atoms with Crippen LogP contribution >= 0.6 is 0 Å². The molecule has 1 aromatic carbocycles. The first-order valence-corrected chi connectivity index (χ1v) is 6.87. The van der Waals surface area contributed by atoms with Gasteiger partial charge in [-0.1, -0.05) is 24.3 Å². The zero-order valence-electron chi connectivity index (χ0n) is 11.2. The van der Waals surface area contributed by atoms with Crippen molar-refractivity contribution in [1.29, 1.82) is 0 Å². The molecule has 0 bridgehead atoms. The van der Waals surface area contributed by atoms with E-state index in [-0.39, 0.29) is 6.10 Å². The molecule has 0 aliphatic heterocycles. The number of fused-ring (bicyclic) bond motifs is 1. The molecule has 1 aliphatic rings. The van der Waals surface area contributed by atoms with Gasteiger partial charge in [-0.05, 0) is 19.1 Å². The molecule has 1 saturated carbocycles. The molecule has 2 aromatic rings. The Kier molecular flexibility index (Phi) is 3.25. The smallest absolute Gasteiger partial charge is 0.0752 e. The molecular formula is C16H19NO2. The lowest BCUT2D eigenvalue weighted by Crippen LogP contribution is -2.50. The Bertz CT molecular complexity index is 576. The number of hydrogen-bond donors (Lipinski definition) is 1. The van der Waals surface area contributed by atoms with Gasteiger partial charge in [0.25, 0.3) is 0 Å². The lowest BCUT2D eigenvalue weighted by atomic mass is 9.74. The highest BCUT2D eigenvalue weighted by Gasteiger charge is 2.43. The van der Waals surface area contributed by atoms with Crippen LogP contribution < -0.4 is 0 Å². The van der Waals surface area contributed by atoms with Crippen LogP contribution in [-0.2, 0) is 11.2 Å². The van der Waals surface area contributed by atoms with Gasteiger partial charge in [0.2, 0.25) is 0 Å². The molecule has 1 aliphatic carbocycles. The molecule has 1 fully saturated rings. The van der Waals surface area contributed by atoms with Crippen molar-refractivity contribution in [2.75, 3.05) is 6.61 Å². The fraction of sp³-hybridized carbons (Fsp3) is 0.438. The minimum atomic E-state index is -0.630. The van der Waals surface area contributed by atoms with Crippen molar-refractivity contribution >= 4 is 10.9 Å². The van der Waals surface area contributed by atoms with E-state index in [0.717, 1.165) is 36.0 Å². The maximum atomic E-state index is 10.4. The Labute approximate surface area is 113 Å². The summed E-state index contributed by atoms with van der Waals surface area (Å²) in [6.45, 7) is 2.71. The molecule has 0 spiro atoms. The summed E-state index contributed by atoms with van der Waals surface area (Å²) in [6.07, 6.45) is 2.27. The van der Waals surface area contributed by atoms with Crippen LogP contribution in [0.25, 0.3) is 10.9 Å². The number of rotatable bonds is 4. The van der Waals surface area contributed by atoms with Crippen LogP contribution in [0.2, 0.25) is 0 Å². The van der Waals surface area contributed by atoms with E-state index in [1.807, 2.05) is 31.2 Å². The summed E-state index contributed by atoms with van der Waals surface area (Å²) < 4.78 is 5.50. The third-order valence-corrected chi connectivity index (χ3v) is 3.78. The molecule has 19 heavy (non-hydrogen) atoms. The first-order chi connectivity index (χ1) is 9.18. The van der Waals surface area contributed by atoms with E-state index in [4.69, 9.17) is 4.74 Å². The molecule has 3 nitrogen and oxygen atoms in total. The van der Waals surface area contributed by atoms with E-state index in [1.165, 1.54) is 0 Å². The fourth-order valence-corrected chi connectivity index (χ4v) is 2.83. The van der Waals surface area contributed by atoms with E-state index in [9.17, 15) is 5.11 Å². The van der Waals surface area contributed by atoms with Crippen molar-refractivity contribution < 1.29 is 9.84 Å². The molecule has 0 saturated heterocycles. The Hall–Kier alpha value is -1.45. The Morgan fingerprint density at radius 2 is 2.05 bits per heavy atom. The second kappa shape index (κ2) is 4.91. The number of nitrogens with zero attached hydrogens (tertiary/aromatic N) is 1. The van der Waals surface area contributed by atoms with Gasteiger partial charge in [-0.15, -0.1) is 0 Å². The van der Waals surface area contributed by atoms with Crippen LogP contribution in [0, 0.1) is 0 Å². The molecule has 3 rings (SSSR count). The standard InChI is InChI=1S/C16H19NO2/c1-2-19-14-10-16(18,11-14)9-13-8-7-12-5-3-4-6-15(12)17-13/h3-8,14,18H,2,9-11H2,1H3. The van der Waals surface area contributed by atoms with E-state index >= 15 is 0 Å². The normalized spacial score (nSPS) is 26.3. The number of hydrogen-bond acceptors (Lipinski definition) is 3. The molecule has 1 N–H and O–H groups in total. The second-order valence-electron chi connectivity index (χ2n) is 5.38. The van der Waals surface area contributed by atoms with Crippen molar-refractivity contribution in [3.63, 3.8) is 0 Å².